The molecule has 2 aliphatic rings. The van der Waals surface area contributed by atoms with Gasteiger partial charge < -0.3 is 15.0 Å². The van der Waals surface area contributed by atoms with Crippen molar-refractivity contribution in [2.75, 3.05) is 13.2 Å². The molecule has 2 unspecified atom stereocenters. The van der Waals surface area contributed by atoms with Gasteiger partial charge in [0.25, 0.3) is 0 Å². The van der Waals surface area contributed by atoms with Crippen LogP contribution in [0.15, 0.2) is 0 Å². The number of nitrogens with zero attached hydrogens (tertiary/aromatic N) is 1. The maximum absolute atomic E-state index is 13.0. The first-order valence-corrected chi connectivity index (χ1v) is 7.69. The summed E-state index contributed by atoms with van der Waals surface area (Å²) >= 11 is 0. The number of carbonyl (C=O) groups excluding carboxylic acids is 2. The van der Waals surface area contributed by atoms with Crippen LogP contribution in [0.3, 0.4) is 0 Å². The summed E-state index contributed by atoms with van der Waals surface area (Å²) < 4.78 is 5.43. The van der Waals surface area contributed by atoms with Crippen molar-refractivity contribution in [2.24, 2.45) is 5.92 Å². The molecule has 2 amide bonds. The summed E-state index contributed by atoms with van der Waals surface area (Å²) in [5.41, 5.74) is -0.731. The van der Waals surface area contributed by atoms with E-state index < -0.39 is 5.54 Å². The van der Waals surface area contributed by atoms with Crippen LogP contribution in [0.25, 0.3) is 0 Å². The van der Waals surface area contributed by atoms with Gasteiger partial charge in [-0.3, -0.25) is 9.59 Å². The Hall–Kier alpha value is -1.10. The minimum Gasteiger partial charge on any atom is -0.379 e. The lowest BCUT2D eigenvalue weighted by molar-refractivity contribution is -0.160. The first-order chi connectivity index (χ1) is 9.46. The van der Waals surface area contributed by atoms with E-state index in [1.54, 1.807) is 0 Å². The number of carbonyl (C=O) groups is 2. The summed E-state index contributed by atoms with van der Waals surface area (Å²) in [6.45, 7) is 9.12. The minimum absolute atomic E-state index is 0.0183. The van der Waals surface area contributed by atoms with Crippen LogP contribution in [0, 0.1) is 5.92 Å². The predicted molar refractivity (Wildman–Crippen MR) is 76.2 cm³/mol. The second-order valence-corrected chi connectivity index (χ2v) is 6.20. The fraction of sp³-hybridized carbons (Fsp3) is 0.867. The van der Waals surface area contributed by atoms with Crippen molar-refractivity contribution in [2.45, 2.75) is 64.6 Å². The fourth-order valence-electron chi connectivity index (χ4n) is 3.35. The summed E-state index contributed by atoms with van der Waals surface area (Å²) in [5, 5.41) is 2.99. The second-order valence-electron chi connectivity index (χ2n) is 6.20. The number of piperazine rings is 1. The Labute approximate surface area is 121 Å². The molecule has 0 spiro atoms. The third-order valence-electron chi connectivity index (χ3n) is 4.71. The van der Waals surface area contributed by atoms with Crippen LogP contribution < -0.4 is 5.32 Å². The number of hydrogen-bond acceptors (Lipinski definition) is 3. The van der Waals surface area contributed by atoms with E-state index in [1.807, 2.05) is 32.6 Å². The molecular formula is C15H26N2O3. The molecular weight excluding hydrogens is 256 g/mol. The molecule has 0 aromatic carbocycles. The molecule has 0 bridgehead atoms. The van der Waals surface area contributed by atoms with Crippen LogP contribution in [0.4, 0.5) is 0 Å². The monoisotopic (exact) mass is 282 g/mol. The Kier molecular flexibility index (Phi) is 4.37. The highest BCUT2D eigenvalue weighted by Crippen LogP contribution is 2.31. The highest BCUT2D eigenvalue weighted by Gasteiger charge is 2.52. The molecule has 114 valence electrons. The number of hydrogen-bond donors (Lipinski definition) is 1. The third kappa shape index (κ3) is 2.32. The van der Waals surface area contributed by atoms with Gasteiger partial charge in [0, 0.05) is 6.61 Å². The zero-order valence-corrected chi connectivity index (χ0v) is 12.9. The summed E-state index contributed by atoms with van der Waals surface area (Å²) in [5.74, 6) is 0.151. The standard InChI is InChI=1S/C15H26N2O3/c1-5-15(6-2)14(19)17(11-7-8-20-9-11)12(10(3)4)13(18)16-15/h10-12H,5-9H2,1-4H3,(H,16,18). The molecule has 0 saturated carbocycles. The van der Waals surface area contributed by atoms with Crippen LogP contribution in [-0.4, -0.2) is 47.6 Å². The lowest BCUT2D eigenvalue weighted by atomic mass is 9.84. The maximum atomic E-state index is 13.0. The van der Waals surface area contributed by atoms with Gasteiger partial charge in [-0.25, -0.2) is 0 Å². The maximum Gasteiger partial charge on any atom is 0.249 e. The van der Waals surface area contributed by atoms with E-state index >= 15 is 0 Å². The van der Waals surface area contributed by atoms with Gasteiger partial charge in [0.05, 0.1) is 12.6 Å². The van der Waals surface area contributed by atoms with Crippen LogP contribution in [0.5, 0.6) is 0 Å². The molecule has 2 heterocycles. The molecule has 2 saturated heterocycles. The Morgan fingerprint density at radius 3 is 2.45 bits per heavy atom. The normalized spacial score (nSPS) is 29.9. The van der Waals surface area contributed by atoms with Crippen molar-refractivity contribution in [3.8, 4) is 0 Å². The van der Waals surface area contributed by atoms with Gasteiger partial charge >= 0.3 is 0 Å². The Bertz CT molecular complexity index is 385. The Balaban J connectivity index is 2.38. The number of amides is 2. The van der Waals surface area contributed by atoms with Crippen molar-refractivity contribution in [1.29, 1.82) is 0 Å². The molecule has 0 aromatic heterocycles. The van der Waals surface area contributed by atoms with Gasteiger partial charge in [-0.05, 0) is 25.2 Å². The average Bonchev–Trinajstić information content (AvgIpc) is 2.93. The summed E-state index contributed by atoms with van der Waals surface area (Å²) in [7, 11) is 0. The van der Waals surface area contributed by atoms with Gasteiger partial charge in [-0.1, -0.05) is 27.7 Å². The SMILES string of the molecule is CCC1(CC)NC(=O)C(C(C)C)N(C2CCOC2)C1=O. The van der Waals surface area contributed by atoms with Crippen molar-refractivity contribution < 1.29 is 14.3 Å². The smallest absolute Gasteiger partial charge is 0.249 e. The second kappa shape index (κ2) is 5.72. The highest BCUT2D eigenvalue weighted by molar-refractivity contribution is 6.00. The van der Waals surface area contributed by atoms with Crippen molar-refractivity contribution in [3.63, 3.8) is 0 Å². The molecule has 0 aliphatic carbocycles. The largest absolute Gasteiger partial charge is 0.379 e. The summed E-state index contributed by atoms with van der Waals surface area (Å²) in [4.78, 5) is 27.4. The van der Waals surface area contributed by atoms with Crippen LogP contribution in [0.2, 0.25) is 0 Å². The highest BCUT2D eigenvalue weighted by atomic mass is 16.5. The van der Waals surface area contributed by atoms with Gasteiger partial charge in [-0.15, -0.1) is 0 Å². The molecule has 5 heteroatoms. The molecule has 2 fully saturated rings. The zero-order valence-electron chi connectivity index (χ0n) is 12.9. The van der Waals surface area contributed by atoms with E-state index in [1.165, 1.54) is 0 Å². The van der Waals surface area contributed by atoms with E-state index in [0.29, 0.717) is 26.1 Å². The van der Waals surface area contributed by atoms with Gasteiger partial charge in [0.1, 0.15) is 11.6 Å². The zero-order chi connectivity index (χ0) is 14.9. The van der Waals surface area contributed by atoms with Gasteiger partial charge in [0.15, 0.2) is 0 Å². The van der Waals surface area contributed by atoms with E-state index in [4.69, 9.17) is 4.74 Å². The molecule has 0 radical (unpaired) electrons. The molecule has 2 aliphatic heterocycles. The molecule has 0 aromatic rings. The summed E-state index contributed by atoms with van der Waals surface area (Å²) in [6.07, 6.45) is 2.08. The Morgan fingerprint density at radius 1 is 1.35 bits per heavy atom. The van der Waals surface area contributed by atoms with E-state index in [-0.39, 0.29) is 29.8 Å². The first kappa shape index (κ1) is 15.3. The number of ether oxygens (including phenoxy) is 1. The first-order valence-electron chi connectivity index (χ1n) is 7.69. The minimum atomic E-state index is -0.731. The molecule has 2 atom stereocenters. The fourth-order valence-corrected chi connectivity index (χ4v) is 3.35. The van der Waals surface area contributed by atoms with Crippen molar-refractivity contribution in [3.05, 3.63) is 0 Å². The van der Waals surface area contributed by atoms with Crippen LogP contribution in [0.1, 0.15) is 47.0 Å². The molecule has 1 N–H and O–H groups in total. The Morgan fingerprint density at radius 2 is 2.00 bits per heavy atom. The summed E-state index contributed by atoms with van der Waals surface area (Å²) in [6, 6.07) is -0.334. The van der Waals surface area contributed by atoms with Crippen molar-refractivity contribution >= 4 is 11.8 Å². The average molecular weight is 282 g/mol. The molecule has 5 nitrogen and oxygen atoms in total. The topological polar surface area (TPSA) is 58.6 Å². The van der Waals surface area contributed by atoms with E-state index in [2.05, 4.69) is 5.32 Å². The quantitative estimate of drug-likeness (QED) is 0.846. The van der Waals surface area contributed by atoms with Gasteiger partial charge in [0.2, 0.25) is 11.8 Å². The third-order valence-corrected chi connectivity index (χ3v) is 4.71. The van der Waals surface area contributed by atoms with E-state index in [0.717, 1.165) is 6.42 Å². The molecule has 20 heavy (non-hydrogen) atoms. The lowest BCUT2D eigenvalue weighted by Crippen LogP contribution is -2.72. The molecule has 2 rings (SSSR count). The number of nitrogens with one attached hydrogen (secondary N) is 1. The predicted octanol–water partition coefficient (Wildman–Crippen LogP) is 1.32. The van der Waals surface area contributed by atoms with Gasteiger partial charge in [-0.2, -0.15) is 0 Å². The van der Waals surface area contributed by atoms with Crippen LogP contribution in [-0.2, 0) is 14.3 Å². The van der Waals surface area contributed by atoms with Crippen LogP contribution >= 0.6 is 0 Å². The van der Waals surface area contributed by atoms with Crippen molar-refractivity contribution in [1.82, 2.24) is 10.2 Å². The lowest BCUT2D eigenvalue weighted by Gasteiger charge is -2.48. The van der Waals surface area contributed by atoms with E-state index in [9.17, 15) is 9.59 Å². The number of rotatable bonds is 4.